The summed E-state index contributed by atoms with van der Waals surface area (Å²) in [4.78, 5) is 11.2. The number of amides is 1. The van der Waals surface area contributed by atoms with Crippen molar-refractivity contribution in [1.82, 2.24) is 5.06 Å². The fourth-order valence-electron chi connectivity index (χ4n) is 2.84. The van der Waals surface area contributed by atoms with Crippen LogP contribution in [0.3, 0.4) is 0 Å². The minimum Gasteiger partial charge on any atom is -0.285 e. The standard InChI is InChI=1S/C12H19NO2/c1-2-3-10-4-7-12(8-5-10)9-6-11(14)13(12)15/h6,9-10,15H,2-5,7-8H2,1H3. The molecule has 1 spiro atoms. The Hall–Kier alpha value is -0.830. The highest BCUT2D eigenvalue weighted by molar-refractivity contribution is 5.90. The number of hydrogen-bond donors (Lipinski definition) is 1. The van der Waals surface area contributed by atoms with E-state index in [9.17, 15) is 10.0 Å². The molecule has 1 N–H and O–H groups in total. The lowest BCUT2D eigenvalue weighted by Gasteiger charge is -2.39. The summed E-state index contributed by atoms with van der Waals surface area (Å²) in [6.07, 6.45) is 9.98. The van der Waals surface area contributed by atoms with Crippen LogP contribution in [0.4, 0.5) is 0 Å². The molecule has 2 aliphatic rings. The van der Waals surface area contributed by atoms with Gasteiger partial charge in [-0.05, 0) is 31.6 Å². The van der Waals surface area contributed by atoms with Gasteiger partial charge in [0.2, 0.25) is 0 Å². The first-order chi connectivity index (χ1) is 7.18. The van der Waals surface area contributed by atoms with E-state index in [2.05, 4.69) is 6.92 Å². The number of carbonyl (C=O) groups excluding carboxylic acids is 1. The van der Waals surface area contributed by atoms with Crippen LogP contribution in [0.25, 0.3) is 0 Å². The van der Waals surface area contributed by atoms with Gasteiger partial charge in [0.25, 0.3) is 5.91 Å². The second-order valence-corrected chi connectivity index (χ2v) is 4.82. The topological polar surface area (TPSA) is 40.5 Å². The number of nitrogens with zero attached hydrogens (tertiary/aromatic N) is 1. The van der Waals surface area contributed by atoms with Crippen molar-refractivity contribution in [3.63, 3.8) is 0 Å². The number of rotatable bonds is 2. The molecule has 0 atom stereocenters. The molecular formula is C12H19NO2. The first-order valence-corrected chi connectivity index (χ1v) is 5.90. The van der Waals surface area contributed by atoms with Gasteiger partial charge >= 0.3 is 0 Å². The van der Waals surface area contributed by atoms with E-state index in [0.717, 1.165) is 36.7 Å². The minimum absolute atomic E-state index is 0.260. The van der Waals surface area contributed by atoms with E-state index in [1.807, 2.05) is 6.08 Å². The molecule has 1 heterocycles. The Labute approximate surface area is 90.7 Å². The number of hydrogen-bond acceptors (Lipinski definition) is 2. The summed E-state index contributed by atoms with van der Waals surface area (Å²) in [5.41, 5.74) is -0.360. The molecule has 0 saturated heterocycles. The highest BCUT2D eigenvalue weighted by Crippen LogP contribution is 2.40. The van der Waals surface area contributed by atoms with E-state index in [1.165, 1.54) is 18.9 Å². The third kappa shape index (κ3) is 1.81. The Morgan fingerprint density at radius 1 is 1.53 bits per heavy atom. The van der Waals surface area contributed by atoms with Crippen LogP contribution in [-0.2, 0) is 4.79 Å². The molecule has 1 fully saturated rings. The molecule has 0 aromatic heterocycles. The molecule has 1 aliphatic carbocycles. The van der Waals surface area contributed by atoms with E-state index in [1.54, 1.807) is 0 Å². The van der Waals surface area contributed by atoms with Gasteiger partial charge in [0.1, 0.15) is 0 Å². The van der Waals surface area contributed by atoms with Crippen LogP contribution in [0.1, 0.15) is 45.4 Å². The summed E-state index contributed by atoms with van der Waals surface area (Å²) in [5, 5.41) is 10.7. The summed E-state index contributed by atoms with van der Waals surface area (Å²) in [7, 11) is 0. The van der Waals surface area contributed by atoms with E-state index >= 15 is 0 Å². The van der Waals surface area contributed by atoms with E-state index in [4.69, 9.17) is 0 Å². The van der Waals surface area contributed by atoms with Gasteiger partial charge in [0.15, 0.2) is 0 Å². The number of carbonyl (C=O) groups is 1. The van der Waals surface area contributed by atoms with Gasteiger partial charge in [0, 0.05) is 6.08 Å². The van der Waals surface area contributed by atoms with Crippen molar-refractivity contribution in [3.05, 3.63) is 12.2 Å². The van der Waals surface area contributed by atoms with Crippen molar-refractivity contribution in [2.45, 2.75) is 51.0 Å². The fourth-order valence-corrected chi connectivity index (χ4v) is 2.84. The lowest BCUT2D eigenvalue weighted by molar-refractivity contribution is -0.182. The van der Waals surface area contributed by atoms with Gasteiger partial charge in [0.05, 0.1) is 5.54 Å². The van der Waals surface area contributed by atoms with Gasteiger partial charge in [-0.3, -0.25) is 10.0 Å². The Bertz CT molecular complexity index is 277. The van der Waals surface area contributed by atoms with Crippen LogP contribution in [0.15, 0.2) is 12.2 Å². The fraction of sp³-hybridized carbons (Fsp3) is 0.750. The largest absolute Gasteiger partial charge is 0.285 e. The zero-order chi connectivity index (χ0) is 10.9. The van der Waals surface area contributed by atoms with Crippen LogP contribution in [0.2, 0.25) is 0 Å². The summed E-state index contributed by atoms with van der Waals surface area (Å²) in [5.74, 6) is 0.530. The molecule has 1 aliphatic heterocycles. The summed E-state index contributed by atoms with van der Waals surface area (Å²) in [6, 6.07) is 0. The molecule has 1 amide bonds. The Balaban J connectivity index is 1.98. The normalized spacial score (nSPS) is 35.5. The Morgan fingerprint density at radius 3 is 2.67 bits per heavy atom. The van der Waals surface area contributed by atoms with Crippen LogP contribution in [0.5, 0.6) is 0 Å². The van der Waals surface area contributed by atoms with E-state index in [0.29, 0.717) is 0 Å². The van der Waals surface area contributed by atoms with Crippen molar-refractivity contribution < 1.29 is 10.0 Å². The summed E-state index contributed by atoms with van der Waals surface area (Å²) >= 11 is 0. The zero-order valence-electron chi connectivity index (χ0n) is 9.28. The summed E-state index contributed by atoms with van der Waals surface area (Å²) in [6.45, 7) is 2.21. The molecule has 3 heteroatoms. The molecule has 0 bridgehead atoms. The van der Waals surface area contributed by atoms with E-state index in [-0.39, 0.29) is 11.4 Å². The maximum Gasteiger partial charge on any atom is 0.270 e. The van der Waals surface area contributed by atoms with Crippen molar-refractivity contribution in [3.8, 4) is 0 Å². The molecule has 0 unspecified atom stereocenters. The predicted molar refractivity (Wildman–Crippen MR) is 57.4 cm³/mol. The quantitative estimate of drug-likeness (QED) is 0.710. The molecule has 3 nitrogen and oxygen atoms in total. The molecule has 0 aromatic carbocycles. The number of hydroxylamine groups is 2. The average Bonchev–Trinajstić information content (AvgIpc) is 2.52. The van der Waals surface area contributed by atoms with Crippen LogP contribution < -0.4 is 0 Å². The van der Waals surface area contributed by atoms with Crippen LogP contribution >= 0.6 is 0 Å². The second-order valence-electron chi connectivity index (χ2n) is 4.82. The van der Waals surface area contributed by atoms with Crippen molar-refractivity contribution >= 4 is 5.91 Å². The molecule has 1 saturated carbocycles. The maximum absolute atomic E-state index is 11.2. The molecular weight excluding hydrogens is 190 g/mol. The second kappa shape index (κ2) is 3.97. The third-order valence-electron chi connectivity index (χ3n) is 3.83. The van der Waals surface area contributed by atoms with Gasteiger partial charge in [-0.25, -0.2) is 5.06 Å². The SMILES string of the molecule is CCCC1CCC2(C=CC(=O)N2O)CC1. The average molecular weight is 209 g/mol. The Morgan fingerprint density at radius 2 is 2.20 bits per heavy atom. The third-order valence-corrected chi connectivity index (χ3v) is 3.83. The predicted octanol–water partition coefficient (Wildman–Crippen LogP) is 2.50. The highest BCUT2D eigenvalue weighted by Gasteiger charge is 2.43. The highest BCUT2D eigenvalue weighted by atomic mass is 16.5. The lowest BCUT2D eigenvalue weighted by Crippen LogP contribution is -2.46. The van der Waals surface area contributed by atoms with Gasteiger partial charge < -0.3 is 0 Å². The zero-order valence-corrected chi connectivity index (χ0v) is 9.28. The molecule has 2 rings (SSSR count). The molecule has 0 aromatic rings. The molecule has 0 radical (unpaired) electrons. The van der Waals surface area contributed by atoms with Gasteiger partial charge in [-0.15, -0.1) is 0 Å². The lowest BCUT2D eigenvalue weighted by atomic mass is 9.75. The van der Waals surface area contributed by atoms with Crippen molar-refractivity contribution in [2.75, 3.05) is 0 Å². The maximum atomic E-state index is 11.2. The van der Waals surface area contributed by atoms with Crippen LogP contribution in [0, 0.1) is 5.92 Å². The van der Waals surface area contributed by atoms with Crippen molar-refractivity contribution in [2.24, 2.45) is 5.92 Å². The molecule has 15 heavy (non-hydrogen) atoms. The smallest absolute Gasteiger partial charge is 0.270 e. The minimum atomic E-state index is -0.360. The Kier molecular flexibility index (Phi) is 2.83. The van der Waals surface area contributed by atoms with Crippen LogP contribution in [-0.4, -0.2) is 21.7 Å². The van der Waals surface area contributed by atoms with Crippen molar-refractivity contribution in [1.29, 1.82) is 0 Å². The monoisotopic (exact) mass is 209 g/mol. The summed E-state index contributed by atoms with van der Waals surface area (Å²) < 4.78 is 0. The van der Waals surface area contributed by atoms with Gasteiger partial charge in [-0.1, -0.05) is 25.8 Å². The molecule has 84 valence electrons. The first-order valence-electron chi connectivity index (χ1n) is 5.90. The van der Waals surface area contributed by atoms with E-state index < -0.39 is 0 Å². The van der Waals surface area contributed by atoms with Gasteiger partial charge in [-0.2, -0.15) is 0 Å². The first kappa shape index (κ1) is 10.7.